The Morgan fingerprint density at radius 3 is 2.78 bits per heavy atom. The Morgan fingerprint density at radius 2 is 2.28 bits per heavy atom. The van der Waals surface area contributed by atoms with Crippen molar-refractivity contribution in [2.75, 3.05) is 20.1 Å². The molecule has 0 bridgehead atoms. The number of hydrogen-bond donors (Lipinski definition) is 1. The van der Waals surface area contributed by atoms with Gasteiger partial charge in [0.2, 0.25) is 5.91 Å². The van der Waals surface area contributed by atoms with E-state index in [0.29, 0.717) is 4.34 Å². The first kappa shape index (κ1) is 15.0. The lowest BCUT2D eigenvalue weighted by molar-refractivity contribution is -0.120. The molecule has 0 unspecified atom stereocenters. The van der Waals surface area contributed by atoms with Crippen LogP contribution >= 0.6 is 22.9 Å². The first-order chi connectivity index (χ1) is 8.37. The Kier molecular flexibility index (Phi) is 5.16. The molecule has 1 rings (SSSR count). The van der Waals surface area contributed by atoms with Crippen molar-refractivity contribution in [3.63, 3.8) is 0 Å². The topological polar surface area (TPSA) is 66.5 Å². The van der Waals surface area contributed by atoms with Gasteiger partial charge in [0.05, 0.1) is 17.4 Å². The molecule has 0 aliphatic rings. The largest absolute Gasteiger partial charge is 0.344 e. The number of halogens is 1. The molecule has 1 amide bonds. The van der Waals surface area contributed by atoms with Crippen LogP contribution in [-0.4, -0.2) is 38.8 Å². The van der Waals surface area contributed by atoms with Crippen molar-refractivity contribution in [2.24, 2.45) is 0 Å². The maximum Gasteiger partial charge on any atom is 0.252 e. The number of carbonyl (C=O) groups is 1. The number of nitrogens with one attached hydrogen (secondary N) is 1. The van der Waals surface area contributed by atoms with E-state index >= 15 is 0 Å². The summed E-state index contributed by atoms with van der Waals surface area (Å²) in [6, 6.07) is 2.89. The molecule has 0 atom stereocenters. The molecule has 0 aliphatic heterocycles. The molecule has 5 nitrogen and oxygen atoms in total. The van der Waals surface area contributed by atoms with Crippen LogP contribution < -0.4 is 5.32 Å². The summed E-state index contributed by atoms with van der Waals surface area (Å²) in [5.41, 5.74) is 0. The minimum atomic E-state index is -3.68. The molecule has 1 aromatic rings. The van der Waals surface area contributed by atoms with E-state index in [2.05, 4.69) is 11.2 Å². The average Bonchev–Trinajstić information content (AvgIpc) is 2.73. The first-order valence-electron chi connectivity index (χ1n) is 4.79. The van der Waals surface area contributed by atoms with Crippen molar-refractivity contribution < 1.29 is 13.2 Å². The molecule has 0 saturated heterocycles. The second kappa shape index (κ2) is 6.20. The van der Waals surface area contributed by atoms with Crippen molar-refractivity contribution in [1.82, 2.24) is 9.62 Å². The molecular weight excluding hydrogens is 296 g/mol. The molecule has 0 spiro atoms. The monoisotopic (exact) mass is 306 g/mol. The lowest BCUT2D eigenvalue weighted by Gasteiger charge is -2.14. The summed E-state index contributed by atoms with van der Waals surface area (Å²) >= 11 is 6.62. The molecule has 0 saturated carbocycles. The molecule has 1 aromatic heterocycles. The summed E-state index contributed by atoms with van der Waals surface area (Å²) in [7, 11) is -2.37. The van der Waals surface area contributed by atoms with Crippen LogP contribution in [0, 0.1) is 12.3 Å². The lowest BCUT2D eigenvalue weighted by Crippen LogP contribution is -2.38. The smallest absolute Gasteiger partial charge is 0.252 e. The number of hydrogen-bond acceptors (Lipinski definition) is 4. The molecule has 18 heavy (non-hydrogen) atoms. The van der Waals surface area contributed by atoms with E-state index in [0.717, 1.165) is 15.6 Å². The predicted molar refractivity (Wildman–Crippen MR) is 71.0 cm³/mol. The van der Waals surface area contributed by atoms with E-state index < -0.39 is 15.9 Å². The molecule has 0 aromatic carbocycles. The standard InChI is InChI=1S/C10H11ClN2O3S2/c1-3-6-12-9(14)7-13(2)18(15,16)10-5-4-8(11)17-10/h1,4-5H,6-7H2,2H3,(H,12,14). The van der Waals surface area contributed by atoms with Gasteiger partial charge in [0.1, 0.15) is 4.21 Å². The van der Waals surface area contributed by atoms with Gasteiger partial charge in [-0.1, -0.05) is 17.5 Å². The summed E-state index contributed by atoms with van der Waals surface area (Å²) in [6.07, 6.45) is 4.98. The van der Waals surface area contributed by atoms with Gasteiger partial charge in [0.15, 0.2) is 0 Å². The summed E-state index contributed by atoms with van der Waals surface area (Å²) in [4.78, 5) is 11.4. The zero-order chi connectivity index (χ0) is 13.8. The SMILES string of the molecule is C#CCNC(=O)CN(C)S(=O)(=O)c1ccc(Cl)s1. The fraction of sp³-hybridized carbons (Fsp3) is 0.300. The molecular formula is C10H11ClN2O3S2. The van der Waals surface area contributed by atoms with Crippen LogP contribution in [0.15, 0.2) is 16.3 Å². The third-order valence-electron chi connectivity index (χ3n) is 1.97. The van der Waals surface area contributed by atoms with E-state index in [9.17, 15) is 13.2 Å². The number of carbonyl (C=O) groups excluding carboxylic acids is 1. The van der Waals surface area contributed by atoms with Crippen molar-refractivity contribution in [1.29, 1.82) is 0 Å². The zero-order valence-corrected chi connectivity index (χ0v) is 11.9. The Balaban J connectivity index is 2.75. The molecule has 1 heterocycles. The molecule has 1 N–H and O–H groups in total. The van der Waals surface area contributed by atoms with Crippen molar-refractivity contribution in [3.8, 4) is 12.3 Å². The number of likely N-dealkylation sites (N-methyl/N-ethyl adjacent to an activating group) is 1. The second-order valence-electron chi connectivity index (χ2n) is 3.30. The minimum absolute atomic E-state index is 0.0670. The van der Waals surface area contributed by atoms with Gasteiger partial charge in [-0.3, -0.25) is 4.79 Å². The van der Waals surface area contributed by atoms with Gasteiger partial charge in [-0.25, -0.2) is 8.42 Å². The Morgan fingerprint density at radius 1 is 1.61 bits per heavy atom. The Bertz CT molecular complexity index is 574. The van der Waals surface area contributed by atoms with E-state index in [-0.39, 0.29) is 17.3 Å². The van der Waals surface area contributed by atoms with Crippen LogP contribution in [0.3, 0.4) is 0 Å². The maximum absolute atomic E-state index is 12.0. The minimum Gasteiger partial charge on any atom is -0.344 e. The van der Waals surface area contributed by atoms with Crippen LogP contribution in [0.1, 0.15) is 0 Å². The number of sulfonamides is 1. The normalized spacial score (nSPS) is 11.2. The van der Waals surface area contributed by atoms with Gasteiger partial charge in [0.25, 0.3) is 10.0 Å². The number of rotatable bonds is 5. The van der Waals surface area contributed by atoms with Gasteiger partial charge < -0.3 is 5.32 Å². The second-order valence-corrected chi connectivity index (χ2v) is 7.29. The van der Waals surface area contributed by atoms with Gasteiger partial charge in [-0.2, -0.15) is 4.31 Å². The van der Waals surface area contributed by atoms with Gasteiger partial charge in [-0.15, -0.1) is 17.8 Å². The van der Waals surface area contributed by atoms with E-state index in [1.165, 1.54) is 19.2 Å². The summed E-state index contributed by atoms with van der Waals surface area (Å²) in [5.74, 6) is 1.77. The van der Waals surface area contributed by atoms with E-state index in [1.54, 1.807) is 0 Å². The molecule has 0 radical (unpaired) electrons. The molecule has 98 valence electrons. The highest BCUT2D eigenvalue weighted by Gasteiger charge is 2.24. The summed E-state index contributed by atoms with van der Waals surface area (Å²) < 4.78 is 25.4. The van der Waals surface area contributed by atoms with E-state index in [1.807, 2.05) is 0 Å². The van der Waals surface area contributed by atoms with Crippen LogP contribution in [0.25, 0.3) is 0 Å². The fourth-order valence-corrected chi connectivity index (χ4v) is 3.90. The Labute approximate surface area is 115 Å². The lowest BCUT2D eigenvalue weighted by atomic mass is 10.5. The van der Waals surface area contributed by atoms with Crippen LogP contribution in [-0.2, 0) is 14.8 Å². The summed E-state index contributed by atoms with van der Waals surface area (Å²) in [6.45, 7) is -0.225. The number of thiophene rings is 1. The highest BCUT2D eigenvalue weighted by Crippen LogP contribution is 2.27. The average molecular weight is 307 g/mol. The Hall–Kier alpha value is -1.07. The third kappa shape index (κ3) is 3.71. The van der Waals surface area contributed by atoms with Crippen LogP contribution in [0.2, 0.25) is 4.34 Å². The molecule has 0 fully saturated rings. The maximum atomic E-state index is 12.0. The highest BCUT2D eigenvalue weighted by atomic mass is 35.5. The van der Waals surface area contributed by atoms with Gasteiger partial charge in [0, 0.05) is 7.05 Å². The fourth-order valence-electron chi connectivity index (χ4n) is 1.08. The van der Waals surface area contributed by atoms with Crippen LogP contribution in [0.5, 0.6) is 0 Å². The van der Waals surface area contributed by atoms with E-state index in [4.69, 9.17) is 18.0 Å². The molecule has 8 heteroatoms. The van der Waals surface area contributed by atoms with Crippen molar-refractivity contribution in [2.45, 2.75) is 4.21 Å². The number of nitrogens with zero attached hydrogens (tertiary/aromatic N) is 1. The van der Waals surface area contributed by atoms with Crippen LogP contribution in [0.4, 0.5) is 0 Å². The summed E-state index contributed by atoms with van der Waals surface area (Å²) in [5, 5.41) is 2.39. The number of amides is 1. The zero-order valence-electron chi connectivity index (χ0n) is 9.51. The number of terminal acetylenes is 1. The third-order valence-corrected chi connectivity index (χ3v) is 5.47. The quantitative estimate of drug-likeness (QED) is 0.817. The van der Waals surface area contributed by atoms with Crippen molar-refractivity contribution >= 4 is 38.9 Å². The van der Waals surface area contributed by atoms with Crippen molar-refractivity contribution in [3.05, 3.63) is 16.5 Å². The first-order valence-corrected chi connectivity index (χ1v) is 7.43. The highest BCUT2D eigenvalue weighted by molar-refractivity contribution is 7.91. The van der Waals surface area contributed by atoms with Gasteiger partial charge in [-0.05, 0) is 12.1 Å². The predicted octanol–water partition coefficient (Wildman–Crippen LogP) is 0.771. The van der Waals surface area contributed by atoms with Gasteiger partial charge >= 0.3 is 0 Å². The molecule has 0 aliphatic carbocycles.